The van der Waals surface area contributed by atoms with Crippen molar-refractivity contribution in [3.63, 3.8) is 0 Å². The number of benzene rings is 2. The average Bonchev–Trinajstić information content (AvgIpc) is 2.97. The molecule has 0 radical (unpaired) electrons. The molecule has 3 rings (SSSR count). The summed E-state index contributed by atoms with van der Waals surface area (Å²) >= 11 is 7.24. The zero-order valence-corrected chi connectivity index (χ0v) is 14.4. The van der Waals surface area contributed by atoms with Gasteiger partial charge in [0.05, 0.1) is 10.7 Å². The summed E-state index contributed by atoms with van der Waals surface area (Å²) in [5.41, 5.74) is 2.41. The summed E-state index contributed by atoms with van der Waals surface area (Å²) in [6.07, 6.45) is 0. The number of aromatic nitrogens is 1. The molecule has 0 saturated carbocycles. The van der Waals surface area contributed by atoms with Crippen LogP contribution < -0.4 is 4.74 Å². The molecule has 0 aliphatic carbocycles. The Balaban J connectivity index is 1.73. The molecule has 3 aromatic rings. The first-order valence-electron chi connectivity index (χ1n) is 7.22. The van der Waals surface area contributed by atoms with Gasteiger partial charge in [0.15, 0.2) is 0 Å². The fourth-order valence-electron chi connectivity index (χ4n) is 2.18. The van der Waals surface area contributed by atoms with Crippen molar-refractivity contribution < 1.29 is 14.6 Å². The van der Waals surface area contributed by atoms with E-state index >= 15 is 0 Å². The topological polar surface area (TPSA) is 59.4 Å². The van der Waals surface area contributed by atoms with Gasteiger partial charge in [0, 0.05) is 5.56 Å². The third kappa shape index (κ3) is 3.58. The molecule has 24 heavy (non-hydrogen) atoms. The molecule has 1 aromatic heterocycles. The van der Waals surface area contributed by atoms with E-state index in [1.54, 1.807) is 13.0 Å². The third-order valence-electron chi connectivity index (χ3n) is 3.42. The molecule has 0 aliphatic rings. The van der Waals surface area contributed by atoms with E-state index in [-0.39, 0.29) is 4.88 Å². The van der Waals surface area contributed by atoms with Gasteiger partial charge in [0.2, 0.25) is 0 Å². The number of rotatable bonds is 5. The molecule has 0 bridgehead atoms. The molecule has 0 saturated heterocycles. The first-order valence-corrected chi connectivity index (χ1v) is 8.41. The number of carboxylic acid groups (broad SMARTS) is 1. The molecule has 4 nitrogen and oxygen atoms in total. The number of aryl methyl sites for hydroxylation is 1. The number of nitrogens with zero attached hydrogens (tertiary/aromatic N) is 1. The predicted octanol–water partition coefficient (Wildman–Crippen LogP) is 5.05. The van der Waals surface area contributed by atoms with E-state index in [1.165, 1.54) is 11.3 Å². The molecule has 0 unspecified atom stereocenters. The zero-order chi connectivity index (χ0) is 17.1. The van der Waals surface area contributed by atoms with Crippen molar-refractivity contribution in [1.82, 2.24) is 4.98 Å². The fourth-order valence-corrected chi connectivity index (χ4v) is 3.29. The second-order valence-electron chi connectivity index (χ2n) is 5.15. The van der Waals surface area contributed by atoms with E-state index < -0.39 is 5.97 Å². The Morgan fingerprint density at radius 3 is 2.54 bits per heavy atom. The number of hydrogen-bond donors (Lipinski definition) is 1. The lowest BCUT2D eigenvalue weighted by Gasteiger charge is -2.08. The second-order valence-corrected chi connectivity index (χ2v) is 6.56. The summed E-state index contributed by atoms with van der Waals surface area (Å²) in [5, 5.41) is 10.4. The number of ether oxygens (including phenoxy) is 1. The Labute approximate surface area is 148 Å². The van der Waals surface area contributed by atoms with E-state index in [0.717, 1.165) is 11.1 Å². The highest BCUT2D eigenvalue weighted by Gasteiger charge is 2.14. The molecule has 0 fully saturated rings. The summed E-state index contributed by atoms with van der Waals surface area (Å²) in [6.45, 7) is 2.11. The van der Waals surface area contributed by atoms with Crippen LogP contribution in [0.4, 0.5) is 0 Å². The van der Waals surface area contributed by atoms with Crippen LogP contribution in [-0.4, -0.2) is 16.1 Å². The van der Waals surface area contributed by atoms with Crippen LogP contribution in [0, 0.1) is 6.92 Å². The Kier molecular flexibility index (Phi) is 4.83. The molecular formula is C18H14ClNO3S. The van der Waals surface area contributed by atoms with Gasteiger partial charge in [-0.15, -0.1) is 11.3 Å². The van der Waals surface area contributed by atoms with E-state index in [4.69, 9.17) is 21.4 Å². The van der Waals surface area contributed by atoms with Gasteiger partial charge in [-0.3, -0.25) is 0 Å². The fraction of sp³-hybridized carbons (Fsp3) is 0.111. The van der Waals surface area contributed by atoms with Gasteiger partial charge in [0.25, 0.3) is 0 Å². The summed E-state index contributed by atoms with van der Waals surface area (Å²) in [6, 6.07) is 15.0. The Morgan fingerprint density at radius 2 is 1.92 bits per heavy atom. The summed E-state index contributed by atoms with van der Waals surface area (Å²) in [7, 11) is 0. The summed E-state index contributed by atoms with van der Waals surface area (Å²) in [4.78, 5) is 15.7. The number of thiazole rings is 1. The minimum Gasteiger partial charge on any atom is -0.487 e. The summed E-state index contributed by atoms with van der Waals surface area (Å²) in [5.74, 6) is -0.300. The molecule has 0 aliphatic heterocycles. The number of carbonyl (C=O) groups is 1. The van der Waals surface area contributed by atoms with Crippen LogP contribution in [0.2, 0.25) is 5.02 Å². The molecule has 1 N–H and O–H groups in total. The Bertz CT molecular complexity index is 874. The Hall–Kier alpha value is -2.37. The van der Waals surface area contributed by atoms with Crippen LogP contribution in [0.15, 0.2) is 48.5 Å². The van der Waals surface area contributed by atoms with Gasteiger partial charge < -0.3 is 9.84 Å². The molecule has 0 amide bonds. The minimum absolute atomic E-state index is 0.274. The molecule has 6 heteroatoms. The van der Waals surface area contributed by atoms with Gasteiger partial charge in [0.1, 0.15) is 22.2 Å². The third-order valence-corrected chi connectivity index (χ3v) is 4.93. The lowest BCUT2D eigenvalue weighted by molar-refractivity contribution is 0.0701. The lowest BCUT2D eigenvalue weighted by Crippen LogP contribution is -1.95. The predicted molar refractivity (Wildman–Crippen MR) is 95.0 cm³/mol. The van der Waals surface area contributed by atoms with Crippen LogP contribution in [-0.2, 0) is 6.61 Å². The van der Waals surface area contributed by atoms with E-state index in [0.29, 0.717) is 28.1 Å². The average molecular weight is 360 g/mol. The first-order chi connectivity index (χ1) is 11.5. The highest BCUT2D eigenvalue weighted by Crippen LogP contribution is 2.29. The van der Waals surface area contributed by atoms with Crippen molar-refractivity contribution in [2.75, 3.05) is 0 Å². The van der Waals surface area contributed by atoms with Gasteiger partial charge in [-0.05, 0) is 24.6 Å². The zero-order valence-electron chi connectivity index (χ0n) is 12.8. The Morgan fingerprint density at radius 1 is 1.21 bits per heavy atom. The van der Waals surface area contributed by atoms with Crippen molar-refractivity contribution >= 4 is 28.9 Å². The number of hydrogen-bond acceptors (Lipinski definition) is 4. The van der Waals surface area contributed by atoms with Gasteiger partial charge in [-0.25, -0.2) is 9.78 Å². The minimum atomic E-state index is -0.944. The van der Waals surface area contributed by atoms with Crippen molar-refractivity contribution in [1.29, 1.82) is 0 Å². The SMILES string of the molecule is Cc1nc(-c2ccc(COc3ccccc3Cl)cc2)sc1C(=O)O. The highest BCUT2D eigenvalue weighted by atomic mass is 35.5. The monoisotopic (exact) mass is 359 g/mol. The van der Waals surface area contributed by atoms with E-state index in [1.807, 2.05) is 42.5 Å². The molecule has 0 spiro atoms. The van der Waals surface area contributed by atoms with Crippen molar-refractivity contribution in [2.24, 2.45) is 0 Å². The molecular weight excluding hydrogens is 346 g/mol. The van der Waals surface area contributed by atoms with Gasteiger partial charge in [-0.1, -0.05) is 48.0 Å². The van der Waals surface area contributed by atoms with Crippen LogP contribution in [0.1, 0.15) is 20.9 Å². The van der Waals surface area contributed by atoms with Crippen LogP contribution in [0.3, 0.4) is 0 Å². The second kappa shape index (κ2) is 7.03. The molecule has 0 atom stereocenters. The summed E-state index contributed by atoms with van der Waals surface area (Å²) < 4.78 is 5.70. The molecule has 1 heterocycles. The number of carboxylic acids is 1. The van der Waals surface area contributed by atoms with Crippen LogP contribution in [0.25, 0.3) is 10.6 Å². The molecule has 122 valence electrons. The van der Waals surface area contributed by atoms with Gasteiger partial charge >= 0.3 is 5.97 Å². The first kappa shape index (κ1) is 16.5. The smallest absolute Gasteiger partial charge is 0.347 e. The van der Waals surface area contributed by atoms with Crippen molar-refractivity contribution in [3.8, 4) is 16.3 Å². The highest BCUT2D eigenvalue weighted by molar-refractivity contribution is 7.17. The number of para-hydroxylation sites is 1. The standard InChI is InChI=1S/C18H14ClNO3S/c1-11-16(18(21)22)24-17(20-11)13-8-6-12(7-9-13)10-23-15-5-3-2-4-14(15)19/h2-9H,10H2,1H3,(H,21,22). The molecule has 2 aromatic carbocycles. The maximum absolute atomic E-state index is 11.1. The van der Waals surface area contributed by atoms with E-state index in [2.05, 4.69) is 4.98 Å². The van der Waals surface area contributed by atoms with Gasteiger partial charge in [-0.2, -0.15) is 0 Å². The quantitative estimate of drug-likeness (QED) is 0.692. The number of aromatic carboxylic acids is 1. The van der Waals surface area contributed by atoms with Crippen LogP contribution >= 0.6 is 22.9 Å². The van der Waals surface area contributed by atoms with Crippen LogP contribution in [0.5, 0.6) is 5.75 Å². The maximum Gasteiger partial charge on any atom is 0.347 e. The largest absolute Gasteiger partial charge is 0.487 e. The number of halogens is 1. The normalized spacial score (nSPS) is 10.6. The maximum atomic E-state index is 11.1. The van der Waals surface area contributed by atoms with Crippen molar-refractivity contribution in [3.05, 3.63) is 69.7 Å². The lowest BCUT2D eigenvalue weighted by atomic mass is 10.1. The van der Waals surface area contributed by atoms with Crippen molar-refractivity contribution in [2.45, 2.75) is 13.5 Å². The van der Waals surface area contributed by atoms with E-state index in [9.17, 15) is 4.79 Å².